The minimum absolute atomic E-state index is 0.0932. The van der Waals surface area contributed by atoms with Gasteiger partial charge in [-0.1, -0.05) is 0 Å². The highest BCUT2D eigenvalue weighted by molar-refractivity contribution is 5.73. The normalized spacial score (nSPS) is 25.2. The van der Waals surface area contributed by atoms with Crippen molar-refractivity contribution in [3.05, 3.63) is 0 Å². The van der Waals surface area contributed by atoms with Gasteiger partial charge in [-0.15, -0.1) is 0 Å². The van der Waals surface area contributed by atoms with Crippen molar-refractivity contribution in [2.24, 2.45) is 11.8 Å². The van der Waals surface area contributed by atoms with Gasteiger partial charge in [0.1, 0.15) is 35.6 Å². The number of aliphatic hydroxyl groups is 2. The molecular formula is C30H48O14. The summed E-state index contributed by atoms with van der Waals surface area (Å²) in [6.45, 7) is 9.30. The first-order valence-corrected chi connectivity index (χ1v) is 14.6. The molecule has 0 radical (unpaired) electrons. The molecular weight excluding hydrogens is 584 g/mol. The first-order chi connectivity index (χ1) is 20.4. The van der Waals surface area contributed by atoms with E-state index in [1.54, 1.807) is 0 Å². The monoisotopic (exact) mass is 632 g/mol. The Kier molecular flexibility index (Phi) is 15.2. The third kappa shape index (κ3) is 13.2. The summed E-state index contributed by atoms with van der Waals surface area (Å²) in [7, 11) is 0. The van der Waals surface area contributed by atoms with Gasteiger partial charge in [-0.05, 0) is 105 Å². The Morgan fingerprint density at radius 2 is 0.977 bits per heavy atom. The molecule has 2 aliphatic rings. The molecule has 0 aromatic carbocycles. The molecule has 14 nitrogen and oxygen atoms in total. The maximum Gasteiger partial charge on any atom is 0.344 e. The summed E-state index contributed by atoms with van der Waals surface area (Å²) in [4.78, 5) is 65.8. The standard InChI is InChI=1S/C16H24O8.C14H24O6/c1-15(2,23-13(19)8-21-10-17)12-4-6-16(3,7-5-12)24-14(20)9-22-11-18;1-13(2,19-11(17)8-15)10-4-6-14(3,7-5-10)20-12(18)9-16/h10-12H,4-9H2,1-3H3;10,15-16H,4-9H2,1-3H3. The van der Waals surface area contributed by atoms with E-state index in [0.717, 1.165) is 12.8 Å². The lowest BCUT2D eigenvalue weighted by Gasteiger charge is -2.42. The molecule has 2 aliphatic carbocycles. The zero-order valence-electron chi connectivity index (χ0n) is 26.6. The zero-order valence-corrected chi connectivity index (χ0v) is 26.6. The number of ether oxygens (including phenoxy) is 6. The summed E-state index contributed by atoms with van der Waals surface area (Å²) in [6.07, 6.45) is 5.43. The summed E-state index contributed by atoms with van der Waals surface area (Å²) in [5, 5.41) is 17.5. The second-order valence-electron chi connectivity index (χ2n) is 12.7. The summed E-state index contributed by atoms with van der Waals surface area (Å²) >= 11 is 0. The van der Waals surface area contributed by atoms with Crippen molar-refractivity contribution in [1.82, 2.24) is 0 Å². The van der Waals surface area contributed by atoms with E-state index in [2.05, 4.69) is 9.47 Å². The smallest absolute Gasteiger partial charge is 0.344 e. The summed E-state index contributed by atoms with van der Waals surface area (Å²) in [5.41, 5.74) is -2.55. The number of aliphatic hydroxyl groups excluding tert-OH is 2. The Hall–Kier alpha value is -3.26. The second-order valence-corrected chi connectivity index (χ2v) is 12.7. The molecule has 0 atom stereocenters. The predicted octanol–water partition coefficient (Wildman–Crippen LogP) is 1.93. The minimum Gasteiger partial charge on any atom is -0.458 e. The van der Waals surface area contributed by atoms with E-state index < -0.39 is 72.7 Å². The van der Waals surface area contributed by atoms with Gasteiger partial charge in [0.15, 0.2) is 13.2 Å². The number of carbonyl (C=O) groups is 6. The van der Waals surface area contributed by atoms with Gasteiger partial charge in [-0.25, -0.2) is 19.2 Å². The zero-order chi connectivity index (χ0) is 33.6. The topological polar surface area (TPSA) is 198 Å². The van der Waals surface area contributed by atoms with Gasteiger partial charge in [-0.3, -0.25) is 9.59 Å². The Balaban J connectivity index is 0.000000447. The number of rotatable bonds is 14. The Morgan fingerprint density at radius 1 is 0.636 bits per heavy atom. The van der Waals surface area contributed by atoms with Crippen molar-refractivity contribution in [3.63, 3.8) is 0 Å². The summed E-state index contributed by atoms with van der Waals surface area (Å²) in [5.74, 6) is -2.18. The number of esters is 4. The largest absolute Gasteiger partial charge is 0.458 e. The van der Waals surface area contributed by atoms with Gasteiger partial charge < -0.3 is 38.6 Å². The van der Waals surface area contributed by atoms with Crippen LogP contribution in [0.5, 0.6) is 0 Å². The van der Waals surface area contributed by atoms with Crippen LogP contribution in [-0.2, 0) is 57.2 Å². The van der Waals surface area contributed by atoms with Crippen LogP contribution in [-0.4, -0.2) is 95.9 Å². The number of carbonyl (C=O) groups excluding carboxylic acids is 6. The Bertz CT molecular complexity index is 972. The average molecular weight is 633 g/mol. The fourth-order valence-corrected chi connectivity index (χ4v) is 5.68. The lowest BCUT2D eigenvalue weighted by atomic mass is 9.73. The van der Waals surface area contributed by atoms with E-state index >= 15 is 0 Å². The van der Waals surface area contributed by atoms with E-state index in [9.17, 15) is 28.8 Å². The van der Waals surface area contributed by atoms with Gasteiger partial charge in [0.2, 0.25) is 0 Å². The SMILES string of the molecule is CC1(OC(=O)CO)CCC(C(C)(C)OC(=O)CO)CC1.CC1(OC(=O)COC=O)CCC(C(C)(C)OC(=O)COC=O)CC1. The lowest BCUT2D eigenvalue weighted by Crippen LogP contribution is -2.44. The maximum absolute atomic E-state index is 11.6. The number of hydrogen-bond acceptors (Lipinski definition) is 14. The van der Waals surface area contributed by atoms with E-state index in [-0.39, 0.29) is 24.8 Å². The number of hydrogen-bond donors (Lipinski definition) is 2. The third-order valence-electron chi connectivity index (χ3n) is 8.32. The fourth-order valence-electron chi connectivity index (χ4n) is 5.68. The molecule has 252 valence electrons. The molecule has 0 heterocycles. The van der Waals surface area contributed by atoms with Gasteiger partial charge in [0, 0.05) is 0 Å². The van der Waals surface area contributed by atoms with Gasteiger partial charge >= 0.3 is 23.9 Å². The van der Waals surface area contributed by atoms with Crippen LogP contribution >= 0.6 is 0 Å². The Morgan fingerprint density at radius 3 is 1.34 bits per heavy atom. The van der Waals surface area contributed by atoms with Crippen LogP contribution in [0.15, 0.2) is 0 Å². The molecule has 2 rings (SSSR count). The molecule has 0 aromatic heterocycles. The third-order valence-corrected chi connectivity index (χ3v) is 8.32. The first kappa shape index (κ1) is 38.8. The van der Waals surface area contributed by atoms with Crippen molar-refractivity contribution in [1.29, 1.82) is 0 Å². The van der Waals surface area contributed by atoms with Crippen LogP contribution in [0.2, 0.25) is 0 Å². The molecule has 2 N–H and O–H groups in total. The average Bonchev–Trinajstić information content (AvgIpc) is 2.94. The molecule has 14 heteroatoms. The minimum atomic E-state index is -0.713. The van der Waals surface area contributed by atoms with Gasteiger partial charge in [0.25, 0.3) is 12.9 Å². The maximum atomic E-state index is 11.6. The summed E-state index contributed by atoms with van der Waals surface area (Å²) < 4.78 is 30.1. The molecule has 2 fully saturated rings. The van der Waals surface area contributed by atoms with Crippen LogP contribution in [0.25, 0.3) is 0 Å². The molecule has 44 heavy (non-hydrogen) atoms. The highest BCUT2D eigenvalue weighted by Crippen LogP contribution is 2.42. The molecule has 0 spiro atoms. The highest BCUT2D eigenvalue weighted by Gasteiger charge is 2.43. The predicted molar refractivity (Wildman–Crippen MR) is 151 cm³/mol. The van der Waals surface area contributed by atoms with Gasteiger partial charge in [0.05, 0.1) is 0 Å². The molecule has 0 saturated heterocycles. The lowest BCUT2D eigenvalue weighted by molar-refractivity contribution is -0.177. The Labute approximate surface area is 258 Å². The van der Waals surface area contributed by atoms with E-state index in [0.29, 0.717) is 38.5 Å². The van der Waals surface area contributed by atoms with Crippen LogP contribution in [0.4, 0.5) is 0 Å². The molecule has 0 bridgehead atoms. The van der Waals surface area contributed by atoms with Crippen molar-refractivity contribution in [2.45, 2.75) is 115 Å². The second kappa shape index (κ2) is 17.3. The summed E-state index contributed by atoms with van der Waals surface area (Å²) in [6, 6.07) is 0. The van der Waals surface area contributed by atoms with Crippen molar-refractivity contribution < 1.29 is 67.4 Å². The van der Waals surface area contributed by atoms with Crippen LogP contribution in [0.3, 0.4) is 0 Å². The molecule has 2 saturated carbocycles. The quantitative estimate of drug-likeness (QED) is 0.160. The van der Waals surface area contributed by atoms with Gasteiger partial charge in [-0.2, -0.15) is 0 Å². The fraction of sp³-hybridized carbons (Fsp3) is 0.800. The molecule has 0 aliphatic heterocycles. The van der Waals surface area contributed by atoms with Crippen molar-refractivity contribution in [2.75, 3.05) is 26.4 Å². The van der Waals surface area contributed by atoms with Crippen molar-refractivity contribution >= 4 is 36.8 Å². The van der Waals surface area contributed by atoms with E-state index in [4.69, 9.17) is 29.2 Å². The molecule has 0 unspecified atom stereocenters. The van der Waals surface area contributed by atoms with E-state index in [1.165, 1.54) is 0 Å². The first-order valence-electron chi connectivity index (χ1n) is 14.6. The molecule has 0 aromatic rings. The van der Waals surface area contributed by atoms with Crippen molar-refractivity contribution in [3.8, 4) is 0 Å². The molecule has 0 amide bonds. The highest BCUT2D eigenvalue weighted by atomic mass is 16.6. The van der Waals surface area contributed by atoms with Crippen LogP contribution in [0, 0.1) is 11.8 Å². The van der Waals surface area contributed by atoms with Crippen LogP contribution < -0.4 is 0 Å². The van der Waals surface area contributed by atoms with Crippen LogP contribution in [0.1, 0.15) is 92.9 Å². The van der Waals surface area contributed by atoms with E-state index in [1.807, 2.05) is 41.5 Å².